The van der Waals surface area contributed by atoms with Crippen molar-refractivity contribution in [1.82, 2.24) is 0 Å². The number of hydrogen-bond acceptors (Lipinski definition) is 1. The molecule has 12 rings (SSSR count). The van der Waals surface area contributed by atoms with Crippen molar-refractivity contribution in [3.8, 4) is 33.4 Å². The number of allylic oxidation sites excluding steroid dienone is 1. The first-order chi connectivity index (χ1) is 29.0. The average Bonchev–Trinajstić information content (AvgIpc) is 4.05. The molecule has 59 heavy (non-hydrogen) atoms. The first-order valence-corrected chi connectivity index (χ1v) is 22.6. The fourth-order valence-electron chi connectivity index (χ4n) is 13.8. The molecule has 7 aromatic carbocycles. The second kappa shape index (κ2) is 13.2. The Morgan fingerprint density at radius 2 is 1.19 bits per heavy atom. The highest BCUT2D eigenvalue weighted by Gasteiger charge is 2.57. The van der Waals surface area contributed by atoms with Gasteiger partial charge in [-0.2, -0.15) is 0 Å². The number of benzene rings is 7. The third-order valence-electron chi connectivity index (χ3n) is 16.2. The summed E-state index contributed by atoms with van der Waals surface area (Å²) >= 11 is 0. The molecule has 6 atom stereocenters. The van der Waals surface area contributed by atoms with Crippen LogP contribution in [0.4, 0.5) is 17.1 Å². The van der Waals surface area contributed by atoms with Gasteiger partial charge in [0, 0.05) is 27.6 Å². The van der Waals surface area contributed by atoms with Crippen LogP contribution in [-0.2, 0) is 10.8 Å². The zero-order valence-corrected chi connectivity index (χ0v) is 34.6. The third kappa shape index (κ3) is 4.79. The Hall–Kier alpha value is -5.66. The van der Waals surface area contributed by atoms with Crippen molar-refractivity contribution in [3.05, 3.63) is 186 Å². The van der Waals surface area contributed by atoms with E-state index in [0.29, 0.717) is 11.8 Å². The van der Waals surface area contributed by atoms with E-state index in [1.807, 2.05) is 0 Å². The molecule has 5 aliphatic carbocycles. The maximum Gasteiger partial charge on any atom is 0.0540 e. The van der Waals surface area contributed by atoms with Gasteiger partial charge in [0.2, 0.25) is 0 Å². The minimum Gasteiger partial charge on any atom is -0.310 e. The van der Waals surface area contributed by atoms with E-state index in [4.69, 9.17) is 6.58 Å². The van der Waals surface area contributed by atoms with Gasteiger partial charge in [0.15, 0.2) is 0 Å². The Bertz CT molecular complexity index is 2830. The van der Waals surface area contributed by atoms with Gasteiger partial charge < -0.3 is 4.90 Å². The largest absolute Gasteiger partial charge is 0.310 e. The van der Waals surface area contributed by atoms with Gasteiger partial charge in [-0.1, -0.05) is 167 Å². The molecule has 0 amide bonds. The summed E-state index contributed by atoms with van der Waals surface area (Å²) < 4.78 is 0. The summed E-state index contributed by atoms with van der Waals surface area (Å²) in [6.45, 7) is 9.72. The molecule has 0 aliphatic heterocycles. The lowest BCUT2D eigenvalue weighted by molar-refractivity contribution is 0.224. The van der Waals surface area contributed by atoms with E-state index in [-0.39, 0.29) is 10.8 Å². The molecule has 0 N–H and O–H groups in total. The van der Waals surface area contributed by atoms with Gasteiger partial charge in [-0.3, -0.25) is 0 Å². The van der Waals surface area contributed by atoms with Crippen LogP contribution in [0.5, 0.6) is 0 Å². The highest BCUT2D eigenvalue weighted by Crippen LogP contribution is 2.66. The minimum atomic E-state index is -0.147. The van der Waals surface area contributed by atoms with Crippen molar-refractivity contribution in [1.29, 1.82) is 0 Å². The molecule has 0 aromatic heterocycles. The van der Waals surface area contributed by atoms with Crippen molar-refractivity contribution in [2.75, 3.05) is 4.90 Å². The molecule has 2 spiro atoms. The molecule has 290 valence electrons. The molecule has 0 radical (unpaired) electrons. The van der Waals surface area contributed by atoms with Gasteiger partial charge in [0.25, 0.3) is 0 Å². The smallest absolute Gasteiger partial charge is 0.0540 e. The predicted octanol–water partition coefficient (Wildman–Crippen LogP) is 15.7. The Labute approximate surface area is 350 Å². The molecule has 2 bridgehead atoms. The number of hydrogen-bond donors (Lipinski definition) is 0. The second-order valence-corrected chi connectivity index (χ2v) is 18.7. The SMILES string of the molecule is C=C1CC(CC)CC(CC)C12c1ccccc1-c1cc(N(c3ccc4c(c3)-c3ccccc3C43CC4CCC3C4)c3ccc(-c4ccccc4)c4ccccc34)ccc12. The van der Waals surface area contributed by atoms with Crippen LogP contribution in [-0.4, -0.2) is 0 Å². The lowest BCUT2D eigenvalue weighted by atomic mass is 9.55. The molecule has 6 unspecified atom stereocenters. The van der Waals surface area contributed by atoms with Crippen molar-refractivity contribution < 1.29 is 0 Å². The molecule has 0 saturated heterocycles. The van der Waals surface area contributed by atoms with Crippen molar-refractivity contribution in [2.45, 2.75) is 76.0 Å². The molecule has 1 heteroatoms. The van der Waals surface area contributed by atoms with Crippen LogP contribution in [0.2, 0.25) is 0 Å². The molecule has 3 saturated carbocycles. The highest BCUT2D eigenvalue weighted by molar-refractivity contribution is 6.07. The Balaban J connectivity index is 1.09. The molecular formula is C58H53N. The van der Waals surface area contributed by atoms with Crippen LogP contribution in [0.3, 0.4) is 0 Å². The highest BCUT2D eigenvalue weighted by atomic mass is 15.1. The van der Waals surface area contributed by atoms with Gasteiger partial charge in [-0.15, -0.1) is 0 Å². The van der Waals surface area contributed by atoms with Crippen LogP contribution in [0, 0.1) is 23.7 Å². The summed E-state index contributed by atoms with van der Waals surface area (Å²) in [6, 6.07) is 58.4. The maximum atomic E-state index is 4.95. The average molecular weight is 764 g/mol. The van der Waals surface area contributed by atoms with Crippen LogP contribution in [0.1, 0.15) is 87.5 Å². The van der Waals surface area contributed by atoms with Crippen LogP contribution in [0.25, 0.3) is 44.2 Å². The van der Waals surface area contributed by atoms with Crippen molar-refractivity contribution in [2.24, 2.45) is 23.7 Å². The van der Waals surface area contributed by atoms with Gasteiger partial charge in [0.05, 0.1) is 5.69 Å². The lowest BCUT2D eigenvalue weighted by Crippen LogP contribution is -2.41. The normalized spacial score (nSPS) is 25.7. The number of anilines is 3. The molecule has 7 aromatic rings. The van der Waals surface area contributed by atoms with E-state index in [9.17, 15) is 0 Å². The van der Waals surface area contributed by atoms with Crippen LogP contribution < -0.4 is 4.90 Å². The third-order valence-corrected chi connectivity index (χ3v) is 16.2. The number of nitrogens with zero attached hydrogens (tertiary/aromatic N) is 1. The van der Waals surface area contributed by atoms with Gasteiger partial charge in [-0.05, 0) is 147 Å². The first-order valence-electron chi connectivity index (χ1n) is 22.6. The first kappa shape index (κ1) is 35.3. The van der Waals surface area contributed by atoms with E-state index in [1.165, 1.54) is 116 Å². The van der Waals surface area contributed by atoms with E-state index in [2.05, 4.69) is 170 Å². The van der Waals surface area contributed by atoms with Gasteiger partial charge in [0.1, 0.15) is 0 Å². The molecule has 0 heterocycles. The summed E-state index contributed by atoms with van der Waals surface area (Å²) in [6.07, 6.45) is 10.2. The zero-order chi connectivity index (χ0) is 39.5. The Morgan fingerprint density at radius 1 is 0.559 bits per heavy atom. The standard InChI is InChI=1S/C58H53N/c1-4-38-31-37(3)58(41(5-2)32-38)54-22-14-12-19-48(54)51-35-44(26-29-55(51)58)59(56-30-27-45(40-15-7-6-8-16-40)46-17-9-10-20-49(46)56)43-25-28-53-50(34-43)47-18-11-13-21-52(47)57(53)36-39-23-24-42(57)33-39/h6-22,25-30,34-35,38-39,41-42H,3-5,23-24,31-33,36H2,1-2H3. The minimum absolute atomic E-state index is 0.147. The summed E-state index contributed by atoms with van der Waals surface area (Å²) in [5.74, 6) is 2.83. The van der Waals surface area contributed by atoms with Crippen LogP contribution in [0.15, 0.2) is 164 Å². The summed E-state index contributed by atoms with van der Waals surface area (Å²) in [7, 11) is 0. The molecular weight excluding hydrogens is 711 g/mol. The molecule has 5 aliphatic rings. The van der Waals surface area contributed by atoms with Gasteiger partial charge in [-0.25, -0.2) is 0 Å². The molecule has 3 fully saturated rings. The lowest BCUT2D eigenvalue weighted by Gasteiger charge is -2.47. The monoisotopic (exact) mass is 763 g/mol. The number of fused-ring (bicyclic) bond motifs is 14. The van der Waals surface area contributed by atoms with Gasteiger partial charge >= 0.3 is 0 Å². The Kier molecular flexibility index (Phi) is 7.88. The summed E-state index contributed by atoms with van der Waals surface area (Å²) in [4.78, 5) is 2.58. The van der Waals surface area contributed by atoms with E-state index in [0.717, 1.165) is 24.7 Å². The topological polar surface area (TPSA) is 3.24 Å². The summed E-state index contributed by atoms with van der Waals surface area (Å²) in [5.41, 5.74) is 19.3. The fourth-order valence-corrected chi connectivity index (χ4v) is 13.8. The van der Waals surface area contributed by atoms with E-state index >= 15 is 0 Å². The van der Waals surface area contributed by atoms with Crippen molar-refractivity contribution >= 4 is 27.8 Å². The number of rotatable bonds is 6. The zero-order valence-electron chi connectivity index (χ0n) is 34.6. The predicted molar refractivity (Wildman–Crippen MR) is 248 cm³/mol. The van der Waals surface area contributed by atoms with E-state index in [1.54, 1.807) is 11.1 Å². The maximum absolute atomic E-state index is 4.95. The van der Waals surface area contributed by atoms with E-state index < -0.39 is 0 Å². The quantitative estimate of drug-likeness (QED) is 0.153. The summed E-state index contributed by atoms with van der Waals surface area (Å²) in [5, 5.41) is 2.53. The van der Waals surface area contributed by atoms with Crippen molar-refractivity contribution in [3.63, 3.8) is 0 Å². The molecule has 1 nitrogen and oxygen atoms in total. The van der Waals surface area contributed by atoms with Crippen LogP contribution >= 0.6 is 0 Å². The Morgan fingerprint density at radius 3 is 1.90 bits per heavy atom. The second-order valence-electron chi connectivity index (χ2n) is 18.7. The fraction of sp³-hybridized carbons (Fsp3) is 0.276.